The van der Waals surface area contributed by atoms with Gasteiger partial charge in [0.05, 0.1) is 6.54 Å². The van der Waals surface area contributed by atoms with Gasteiger partial charge < -0.3 is 5.73 Å². The summed E-state index contributed by atoms with van der Waals surface area (Å²) in [6.07, 6.45) is 0. The molecular weight excluding hydrogens is 110 g/mol. The van der Waals surface area contributed by atoms with Crippen LogP contribution in [0.15, 0.2) is 24.3 Å². The van der Waals surface area contributed by atoms with Gasteiger partial charge in [0.2, 0.25) is 0 Å². The van der Waals surface area contributed by atoms with E-state index in [1.807, 2.05) is 6.07 Å². The molecule has 0 saturated carbocycles. The minimum absolute atomic E-state index is 0.896. The van der Waals surface area contributed by atoms with E-state index in [-0.39, 0.29) is 0 Å². The Morgan fingerprint density at radius 1 is 1.33 bits per heavy atom. The summed E-state index contributed by atoms with van der Waals surface area (Å²) in [5, 5.41) is 0. The number of aryl methyl sites for hydroxylation is 1. The molecule has 48 valence electrons. The SMILES string of the molecule is Cc1ccccc1C[NH3+]. The van der Waals surface area contributed by atoms with Crippen LogP contribution in [0.4, 0.5) is 0 Å². The first kappa shape index (κ1) is 6.30. The third-order valence-electron chi connectivity index (χ3n) is 1.53. The molecule has 0 heterocycles. The first-order chi connectivity index (χ1) is 4.34. The van der Waals surface area contributed by atoms with Crippen molar-refractivity contribution in [2.75, 3.05) is 0 Å². The summed E-state index contributed by atoms with van der Waals surface area (Å²) in [4.78, 5) is 0. The Hall–Kier alpha value is -0.820. The molecule has 1 nitrogen and oxygen atoms in total. The normalized spacial score (nSPS) is 9.56. The molecule has 0 aliphatic heterocycles. The second-order valence-electron chi connectivity index (χ2n) is 2.18. The Labute approximate surface area is 55.5 Å². The van der Waals surface area contributed by atoms with Crippen LogP contribution in [0.1, 0.15) is 11.1 Å². The van der Waals surface area contributed by atoms with E-state index in [1.165, 1.54) is 11.1 Å². The lowest BCUT2D eigenvalue weighted by Crippen LogP contribution is -2.47. The maximum absolute atomic E-state index is 3.82. The first-order valence-corrected chi connectivity index (χ1v) is 3.18. The summed E-state index contributed by atoms with van der Waals surface area (Å²) in [5.41, 5.74) is 6.50. The van der Waals surface area contributed by atoms with Gasteiger partial charge in [-0.2, -0.15) is 0 Å². The van der Waals surface area contributed by atoms with Crippen molar-refractivity contribution >= 4 is 0 Å². The van der Waals surface area contributed by atoms with Crippen molar-refractivity contribution in [1.29, 1.82) is 0 Å². The largest absolute Gasteiger partial charge is 0.354 e. The van der Waals surface area contributed by atoms with E-state index in [2.05, 4.69) is 30.9 Å². The van der Waals surface area contributed by atoms with Crippen molar-refractivity contribution in [2.45, 2.75) is 13.5 Å². The van der Waals surface area contributed by atoms with Crippen LogP contribution in [0.2, 0.25) is 0 Å². The molecule has 0 unspecified atom stereocenters. The van der Waals surface area contributed by atoms with Crippen LogP contribution in [-0.4, -0.2) is 0 Å². The van der Waals surface area contributed by atoms with Gasteiger partial charge in [-0.1, -0.05) is 24.3 Å². The minimum atomic E-state index is 0.896. The highest BCUT2D eigenvalue weighted by molar-refractivity contribution is 5.24. The van der Waals surface area contributed by atoms with Gasteiger partial charge in [0.15, 0.2) is 0 Å². The molecule has 0 saturated heterocycles. The molecule has 0 bridgehead atoms. The molecular formula is C8H12N+. The Balaban J connectivity index is 3.01. The molecule has 0 fully saturated rings. The zero-order chi connectivity index (χ0) is 6.69. The van der Waals surface area contributed by atoms with E-state index in [0.717, 1.165) is 6.54 Å². The molecule has 0 radical (unpaired) electrons. The van der Waals surface area contributed by atoms with Crippen LogP contribution in [0.25, 0.3) is 0 Å². The number of hydrogen-bond acceptors (Lipinski definition) is 0. The second-order valence-corrected chi connectivity index (χ2v) is 2.18. The van der Waals surface area contributed by atoms with Crippen LogP contribution in [-0.2, 0) is 6.54 Å². The van der Waals surface area contributed by atoms with Gasteiger partial charge in [-0.15, -0.1) is 0 Å². The Bertz CT molecular complexity index is 194. The van der Waals surface area contributed by atoms with E-state index in [9.17, 15) is 0 Å². The fourth-order valence-corrected chi connectivity index (χ4v) is 0.891. The van der Waals surface area contributed by atoms with Gasteiger partial charge in [0.25, 0.3) is 0 Å². The predicted octanol–water partition coefficient (Wildman–Crippen LogP) is 0.737. The number of rotatable bonds is 1. The number of benzene rings is 1. The molecule has 0 spiro atoms. The van der Waals surface area contributed by atoms with Gasteiger partial charge in [-0.3, -0.25) is 0 Å². The highest BCUT2D eigenvalue weighted by Gasteiger charge is 1.92. The molecule has 0 amide bonds. The molecule has 0 aromatic heterocycles. The van der Waals surface area contributed by atoms with Crippen molar-refractivity contribution in [1.82, 2.24) is 0 Å². The van der Waals surface area contributed by atoms with E-state index < -0.39 is 0 Å². The van der Waals surface area contributed by atoms with E-state index in [4.69, 9.17) is 0 Å². The van der Waals surface area contributed by atoms with Crippen LogP contribution in [0, 0.1) is 6.92 Å². The smallest absolute Gasteiger partial charge is 0.0999 e. The Kier molecular flexibility index (Phi) is 1.85. The number of quaternary nitrogens is 1. The maximum Gasteiger partial charge on any atom is 0.0999 e. The molecule has 0 aliphatic rings. The van der Waals surface area contributed by atoms with Gasteiger partial charge in [-0.25, -0.2) is 0 Å². The van der Waals surface area contributed by atoms with Crippen molar-refractivity contribution in [3.8, 4) is 0 Å². The lowest BCUT2D eigenvalue weighted by molar-refractivity contribution is -0.386. The summed E-state index contributed by atoms with van der Waals surface area (Å²) in [5.74, 6) is 0. The Morgan fingerprint density at radius 2 is 2.00 bits per heavy atom. The second kappa shape index (κ2) is 2.65. The molecule has 0 atom stereocenters. The van der Waals surface area contributed by atoms with Gasteiger partial charge in [-0.05, 0) is 12.5 Å². The monoisotopic (exact) mass is 122 g/mol. The maximum atomic E-state index is 3.82. The molecule has 1 aromatic rings. The molecule has 0 aliphatic carbocycles. The number of hydrogen-bond donors (Lipinski definition) is 1. The van der Waals surface area contributed by atoms with Crippen molar-refractivity contribution < 1.29 is 5.73 Å². The molecule has 3 N–H and O–H groups in total. The Morgan fingerprint density at radius 3 is 2.44 bits per heavy atom. The van der Waals surface area contributed by atoms with Gasteiger partial charge in [0.1, 0.15) is 0 Å². The topological polar surface area (TPSA) is 27.6 Å². The van der Waals surface area contributed by atoms with Gasteiger partial charge in [0, 0.05) is 5.56 Å². The summed E-state index contributed by atoms with van der Waals surface area (Å²) < 4.78 is 0. The fraction of sp³-hybridized carbons (Fsp3) is 0.250. The average Bonchev–Trinajstić information content (AvgIpc) is 1.89. The average molecular weight is 122 g/mol. The third-order valence-corrected chi connectivity index (χ3v) is 1.53. The van der Waals surface area contributed by atoms with Crippen LogP contribution in [0.3, 0.4) is 0 Å². The van der Waals surface area contributed by atoms with Crippen LogP contribution < -0.4 is 5.73 Å². The van der Waals surface area contributed by atoms with Crippen LogP contribution >= 0.6 is 0 Å². The first-order valence-electron chi connectivity index (χ1n) is 3.18. The summed E-state index contributed by atoms with van der Waals surface area (Å²) in [6.45, 7) is 3.01. The summed E-state index contributed by atoms with van der Waals surface area (Å²) in [6, 6.07) is 8.32. The molecule has 1 heteroatoms. The predicted molar refractivity (Wildman–Crippen MR) is 37.8 cm³/mol. The molecule has 1 aromatic carbocycles. The summed E-state index contributed by atoms with van der Waals surface area (Å²) in [7, 11) is 0. The highest BCUT2D eigenvalue weighted by Crippen LogP contribution is 2.03. The van der Waals surface area contributed by atoms with Crippen molar-refractivity contribution in [3.63, 3.8) is 0 Å². The quantitative estimate of drug-likeness (QED) is 0.569. The zero-order valence-electron chi connectivity index (χ0n) is 5.72. The summed E-state index contributed by atoms with van der Waals surface area (Å²) >= 11 is 0. The molecule has 1 rings (SSSR count). The van der Waals surface area contributed by atoms with E-state index >= 15 is 0 Å². The third kappa shape index (κ3) is 1.30. The highest BCUT2D eigenvalue weighted by atomic mass is 14.5. The minimum Gasteiger partial charge on any atom is -0.354 e. The molecule has 9 heavy (non-hydrogen) atoms. The fourth-order valence-electron chi connectivity index (χ4n) is 0.891. The van der Waals surface area contributed by atoms with E-state index in [1.54, 1.807) is 0 Å². The lowest BCUT2D eigenvalue weighted by atomic mass is 10.1. The zero-order valence-corrected chi connectivity index (χ0v) is 5.72. The lowest BCUT2D eigenvalue weighted by Gasteiger charge is -1.96. The van der Waals surface area contributed by atoms with Crippen LogP contribution in [0.5, 0.6) is 0 Å². The van der Waals surface area contributed by atoms with Gasteiger partial charge >= 0.3 is 0 Å². The van der Waals surface area contributed by atoms with E-state index in [0.29, 0.717) is 0 Å². The van der Waals surface area contributed by atoms with Crippen molar-refractivity contribution in [3.05, 3.63) is 35.4 Å². The standard InChI is InChI=1S/C8H11N/c1-7-4-2-3-5-8(7)6-9/h2-5H,6,9H2,1H3/p+1. The van der Waals surface area contributed by atoms with Crippen molar-refractivity contribution in [2.24, 2.45) is 0 Å².